The van der Waals surface area contributed by atoms with E-state index in [1.54, 1.807) is 6.08 Å². The molecule has 9 heteroatoms. The Morgan fingerprint density at radius 1 is 0.507 bits per heavy atom. The first-order chi connectivity index (χ1) is 34.8. The van der Waals surface area contributed by atoms with E-state index >= 15 is 0 Å². The average molecular weight is 995 g/mol. The van der Waals surface area contributed by atoms with E-state index in [1.807, 2.05) is 19.1 Å². The van der Waals surface area contributed by atoms with E-state index < -0.39 is 49.5 Å². The Labute approximate surface area is 434 Å². The molecule has 71 heavy (non-hydrogen) atoms. The Kier molecular flexibility index (Phi) is 47.2. The summed E-state index contributed by atoms with van der Waals surface area (Å²) in [6, 6.07) is -0.828. The van der Waals surface area contributed by atoms with E-state index in [4.69, 9.17) is 9.47 Å². The number of hydrogen-bond acceptors (Lipinski definition) is 8. The zero-order valence-corrected chi connectivity index (χ0v) is 45.2. The van der Waals surface area contributed by atoms with Crippen LogP contribution in [0.3, 0.4) is 0 Å². The van der Waals surface area contributed by atoms with Crippen molar-refractivity contribution in [1.29, 1.82) is 0 Å². The van der Waals surface area contributed by atoms with E-state index in [9.17, 15) is 30.3 Å². The minimum absolute atomic E-state index is 0.194. The van der Waals surface area contributed by atoms with Crippen molar-refractivity contribution in [3.63, 3.8) is 0 Å². The summed E-state index contributed by atoms with van der Waals surface area (Å²) in [6.45, 7) is 3.40. The summed E-state index contributed by atoms with van der Waals surface area (Å²) in [4.78, 5) is 13.0. The second-order valence-electron chi connectivity index (χ2n) is 19.7. The number of aliphatic hydroxyl groups excluding tert-OH is 5. The van der Waals surface area contributed by atoms with Crippen LogP contribution in [0.2, 0.25) is 0 Å². The Bertz CT molecular complexity index is 1430. The Hall–Kier alpha value is -2.89. The zero-order valence-electron chi connectivity index (χ0n) is 45.2. The highest BCUT2D eigenvalue weighted by atomic mass is 16.7. The van der Waals surface area contributed by atoms with Crippen molar-refractivity contribution in [1.82, 2.24) is 5.32 Å². The lowest BCUT2D eigenvalue weighted by atomic mass is 9.99. The molecule has 7 atom stereocenters. The third kappa shape index (κ3) is 40.2. The van der Waals surface area contributed by atoms with Gasteiger partial charge < -0.3 is 40.3 Å². The number of amides is 1. The number of allylic oxidation sites excluding steroid dienone is 15. The molecule has 0 aromatic heterocycles. The van der Waals surface area contributed by atoms with Crippen LogP contribution in [-0.4, -0.2) is 87.5 Å². The summed E-state index contributed by atoms with van der Waals surface area (Å²) < 4.78 is 11.2. The van der Waals surface area contributed by atoms with Gasteiger partial charge in [-0.3, -0.25) is 4.79 Å². The van der Waals surface area contributed by atoms with Gasteiger partial charge in [0, 0.05) is 6.42 Å². The predicted molar refractivity (Wildman–Crippen MR) is 299 cm³/mol. The number of carbonyl (C=O) groups excluding carboxylic acids is 1. The molecule has 0 spiro atoms. The monoisotopic (exact) mass is 994 g/mol. The van der Waals surface area contributed by atoms with Gasteiger partial charge in [0.25, 0.3) is 0 Å². The van der Waals surface area contributed by atoms with Crippen molar-refractivity contribution < 1.29 is 39.8 Å². The van der Waals surface area contributed by atoms with E-state index in [0.29, 0.717) is 6.42 Å². The van der Waals surface area contributed by atoms with E-state index in [-0.39, 0.29) is 12.5 Å². The lowest BCUT2D eigenvalue weighted by molar-refractivity contribution is -0.302. The molecule has 1 aliphatic heterocycles. The summed E-state index contributed by atoms with van der Waals surface area (Å²) >= 11 is 0. The van der Waals surface area contributed by atoms with Crippen molar-refractivity contribution in [2.45, 2.75) is 275 Å². The van der Waals surface area contributed by atoms with Gasteiger partial charge in [-0.2, -0.15) is 0 Å². The summed E-state index contributed by atoms with van der Waals surface area (Å²) in [5.41, 5.74) is 0. The van der Waals surface area contributed by atoms with E-state index in [0.717, 1.165) is 77.0 Å². The van der Waals surface area contributed by atoms with E-state index in [2.05, 4.69) is 91.2 Å². The molecule has 6 N–H and O–H groups in total. The third-order valence-corrected chi connectivity index (χ3v) is 13.2. The van der Waals surface area contributed by atoms with Crippen LogP contribution in [0.15, 0.2) is 97.2 Å². The summed E-state index contributed by atoms with van der Waals surface area (Å²) in [5, 5.41) is 54.1. The fourth-order valence-corrected chi connectivity index (χ4v) is 8.69. The molecular formula is C62H107NO8. The predicted octanol–water partition coefficient (Wildman–Crippen LogP) is 14.4. The van der Waals surface area contributed by atoms with Gasteiger partial charge in [0.1, 0.15) is 24.4 Å². The fraction of sp³-hybridized carbons (Fsp3) is 0.726. The highest BCUT2D eigenvalue weighted by Crippen LogP contribution is 2.23. The van der Waals surface area contributed by atoms with Gasteiger partial charge in [0.05, 0.1) is 25.4 Å². The molecule has 1 amide bonds. The molecule has 9 nitrogen and oxygen atoms in total. The van der Waals surface area contributed by atoms with E-state index in [1.165, 1.54) is 135 Å². The second kappa shape index (κ2) is 50.6. The van der Waals surface area contributed by atoms with Gasteiger partial charge >= 0.3 is 0 Å². The number of rotatable bonds is 48. The summed E-state index contributed by atoms with van der Waals surface area (Å²) in [6.07, 6.45) is 66.8. The van der Waals surface area contributed by atoms with Crippen LogP contribution in [0.25, 0.3) is 0 Å². The van der Waals surface area contributed by atoms with Crippen molar-refractivity contribution in [3.05, 3.63) is 97.2 Å². The quantitative estimate of drug-likeness (QED) is 0.0261. The minimum atomic E-state index is -1.58. The average Bonchev–Trinajstić information content (AvgIpc) is 3.37. The molecule has 1 rings (SSSR count). The van der Waals surface area contributed by atoms with Crippen molar-refractivity contribution >= 4 is 5.91 Å². The van der Waals surface area contributed by atoms with Crippen molar-refractivity contribution in [2.24, 2.45) is 0 Å². The van der Waals surface area contributed by atoms with Gasteiger partial charge in [0.15, 0.2) is 6.29 Å². The largest absolute Gasteiger partial charge is 0.394 e. The van der Waals surface area contributed by atoms with Gasteiger partial charge in [-0.15, -0.1) is 0 Å². The molecule has 1 aliphatic rings. The number of carbonyl (C=O) groups is 1. The summed E-state index contributed by atoms with van der Waals surface area (Å²) in [7, 11) is 0. The van der Waals surface area contributed by atoms with Crippen LogP contribution < -0.4 is 5.32 Å². The Morgan fingerprint density at radius 2 is 0.901 bits per heavy atom. The molecule has 1 fully saturated rings. The lowest BCUT2D eigenvalue weighted by Gasteiger charge is -2.40. The number of nitrogens with one attached hydrogen (secondary N) is 1. The maximum absolute atomic E-state index is 13.0. The van der Waals surface area contributed by atoms with Crippen LogP contribution >= 0.6 is 0 Å². The van der Waals surface area contributed by atoms with Crippen LogP contribution in [0.5, 0.6) is 0 Å². The number of hydrogen-bond donors (Lipinski definition) is 6. The first kappa shape index (κ1) is 66.1. The van der Waals surface area contributed by atoms with Crippen molar-refractivity contribution in [2.75, 3.05) is 13.2 Å². The highest BCUT2D eigenvalue weighted by Gasteiger charge is 2.44. The van der Waals surface area contributed by atoms with Crippen LogP contribution in [0.4, 0.5) is 0 Å². The van der Waals surface area contributed by atoms with Gasteiger partial charge in [-0.05, 0) is 84.0 Å². The minimum Gasteiger partial charge on any atom is -0.394 e. The molecule has 7 unspecified atom stereocenters. The molecule has 0 radical (unpaired) electrons. The lowest BCUT2D eigenvalue weighted by Crippen LogP contribution is -2.60. The molecule has 0 aromatic carbocycles. The number of ether oxygens (including phenoxy) is 2. The molecule has 408 valence electrons. The Balaban J connectivity index is 2.02. The van der Waals surface area contributed by atoms with Crippen LogP contribution in [-0.2, 0) is 14.3 Å². The maximum Gasteiger partial charge on any atom is 0.220 e. The number of unbranched alkanes of at least 4 members (excludes halogenated alkanes) is 25. The van der Waals surface area contributed by atoms with Gasteiger partial charge in [-0.25, -0.2) is 0 Å². The maximum atomic E-state index is 13.0. The van der Waals surface area contributed by atoms with Gasteiger partial charge in [-0.1, -0.05) is 239 Å². The first-order valence-corrected chi connectivity index (χ1v) is 28.9. The normalized spacial score (nSPS) is 20.0. The molecule has 0 aromatic rings. The molecule has 0 bridgehead atoms. The molecule has 1 saturated heterocycles. The summed E-state index contributed by atoms with van der Waals surface area (Å²) in [5.74, 6) is -0.194. The Morgan fingerprint density at radius 3 is 1.35 bits per heavy atom. The topological polar surface area (TPSA) is 149 Å². The molecule has 0 saturated carbocycles. The fourth-order valence-electron chi connectivity index (χ4n) is 8.69. The molecule has 0 aliphatic carbocycles. The second-order valence-corrected chi connectivity index (χ2v) is 19.7. The smallest absolute Gasteiger partial charge is 0.220 e. The third-order valence-electron chi connectivity index (χ3n) is 13.2. The standard InChI is InChI=1S/C62H107NO8/c1-3-5-7-9-11-13-14-15-16-17-18-19-20-21-22-23-24-25-26-27-28-29-30-31-32-33-34-35-36-37-38-39-40-41-42-44-46-48-50-52-58(66)63-55(56(65)51-49-47-45-43-12-10-8-6-4-2)54-70-62-61(69)60(68)59(67)57(53-64)71-62/h4-7,11-13,15-16,18-19,21-22,43,49,51,55-57,59-62,64-65,67-69H,3,8-10,14,17,20,23-42,44-48,50,52-54H2,1-2H3,(H,63,66)/b6-4+,7-5-,13-11-,16-15-,19-18-,22-21-,43-12+,51-49+. The highest BCUT2D eigenvalue weighted by molar-refractivity contribution is 5.76. The van der Waals surface area contributed by atoms with Crippen LogP contribution in [0.1, 0.15) is 232 Å². The van der Waals surface area contributed by atoms with Crippen LogP contribution in [0, 0.1) is 0 Å². The molecule has 1 heterocycles. The molecular weight excluding hydrogens is 887 g/mol. The zero-order chi connectivity index (χ0) is 51.5. The first-order valence-electron chi connectivity index (χ1n) is 28.9. The SMILES string of the molecule is C/C=C/CC/C=C/CC/C=C/C(O)C(COC1OC(CO)C(O)C(O)C1O)NC(=O)CCCCCCCCCCCCCCCCCCCCCCCCC/C=C\C/C=C\C/C=C\C/C=C\C/C=C\CC. The number of aliphatic hydroxyl groups is 5. The van der Waals surface area contributed by atoms with Gasteiger partial charge in [0.2, 0.25) is 5.91 Å². The van der Waals surface area contributed by atoms with Crippen molar-refractivity contribution in [3.8, 4) is 0 Å².